The molecule has 21 heavy (non-hydrogen) atoms. The molecule has 2 bridgehead atoms. The Balaban J connectivity index is 1.80. The number of carbonyl (C=O) groups is 1. The van der Waals surface area contributed by atoms with Gasteiger partial charge in [-0.05, 0) is 23.3 Å². The van der Waals surface area contributed by atoms with E-state index in [1.54, 1.807) is 11.8 Å². The van der Waals surface area contributed by atoms with Gasteiger partial charge in [0.1, 0.15) is 6.04 Å². The van der Waals surface area contributed by atoms with Gasteiger partial charge in [0.2, 0.25) is 5.91 Å². The van der Waals surface area contributed by atoms with Crippen molar-refractivity contribution in [1.82, 2.24) is 10.4 Å². The highest BCUT2D eigenvalue weighted by Crippen LogP contribution is 2.37. The average molecular weight is 349 g/mol. The van der Waals surface area contributed by atoms with Crippen molar-refractivity contribution in [2.24, 2.45) is 0 Å². The number of piperidine rings is 1. The summed E-state index contributed by atoms with van der Waals surface area (Å²) in [6.07, 6.45) is 2.35. The van der Waals surface area contributed by atoms with Crippen LogP contribution in [0, 0.1) is 0 Å². The first-order valence-corrected chi connectivity index (χ1v) is 8.33. The third-order valence-corrected chi connectivity index (χ3v) is 5.54. The number of halogens is 1. The highest BCUT2D eigenvalue weighted by atomic mass is 79.9. The van der Waals surface area contributed by atoms with Crippen LogP contribution >= 0.6 is 15.9 Å². The van der Waals surface area contributed by atoms with Crippen molar-refractivity contribution >= 4 is 21.8 Å². The van der Waals surface area contributed by atoms with E-state index < -0.39 is 0 Å². The van der Waals surface area contributed by atoms with Gasteiger partial charge in [-0.3, -0.25) is 10.2 Å². The first-order chi connectivity index (χ1) is 10.1. The van der Waals surface area contributed by atoms with Crippen LogP contribution in [0.2, 0.25) is 0 Å². The zero-order chi connectivity index (χ0) is 14.6. The van der Waals surface area contributed by atoms with E-state index in [1.807, 2.05) is 5.01 Å². The lowest BCUT2D eigenvalue weighted by molar-refractivity contribution is -0.927. The second-order valence-corrected chi connectivity index (χ2v) is 7.07. The molecule has 4 aliphatic heterocycles. The quantitative estimate of drug-likeness (QED) is 0.799. The van der Waals surface area contributed by atoms with Gasteiger partial charge in [0, 0.05) is 24.2 Å². The molecule has 4 heterocycles. The van der Waals surface area contributed by atoms with Gasteiger partial charge in [0.15, 0.2) is 6.04 Å². The number of amides is 1. The fourth-order valence-electron chi connectivity index (χ4n) is 4.03. The normalized spacial score (nSPS) is 30.4. The van der Waals surface area contributed by atoms with E-state index in [4.69, 9.17) is 0 Å². The van der Waals surface area contributed by atoms with Crippen LogP contribution in [0.3, 0.4) is 0 Å². The summed E-state index contributed by atoms with van der Waals surface area (Å²) >= 11 is 3.49. The van der Waals surface area contributed by atoms with Gasteiger partial charge in [-0.25, -0.2) is 5.01 Å². The molecule has 0 radical (unpaired) electrons. The van der Waals surface area contributed by atoms with Gasteiger partial charge in [0.25, 0.3) is 0 Å². The molecule has 4 nitrogen and oxygen atoms in total. The first-order valence-electron chi connectivity index (χ1n) is 7.53. The molecule has 110 valence electrons. The summed E-state index contributed by atoms with van der Waals surface area (Å²) in [5.41, 5.74) is 7.47. The van der Waals surface area contributed by atoms with Gasteiger partial charge >= 0.3 is 0 Å². The van der Waals surface area contributed by atoms with Crippen LogP contribution in [-0.4, -0.2) is 30.0 Å². The number of fused-ring (bicyclic) bond motifs is 2. The second kappa shape index (κ2) is 4.85. The minimum absolute atomic E-state index is 0.0884. The number of nitrogens with zero attached hydrogens (tertiary/aromatic N) is 1. The summed E-state index contributed by atoms with van der Waals surface area (Å²) in [7, 11) is 0. The summed E-state index contributed by atoms with van der Waals surface area (Å²) in [6.45, 7) is 4.04. The number of benzene rings is 1. The molecule has 0 spiro atoms. The second-order valence-electron chi connectivity index (χ2n) is 6.15. The van der Waals surface area contributed by atoms with Crippen molar-refractivity contribution in [3.63, 3.8) is 0 Å². The monoisotopic (exact) mass is 348 g/mol. The smallest absolute Gasteiger partial charge is 0.238 e. The van der Waals surface area contributed by atoms with Crippen molar-refractivity contribution in [3.8, 4) is 0 Å². The van der Waals surface area contributed by atoms with E-state index in [9.17, 15) is 4.79 Å². The molecule has 4 aliphatic rings. The minimum atomic E-state index is 0.0884. The molecule has 2 atom stereocenters. The molecule has 2 unspecified atom stereocenters. The maximum absolute atomic E-state index is 12.1. The Morgan fingerprint density at radius 3 is 2.57 bits per heavy atom. The third-order valence-electron chi connectivity index (χ3n) is 5.01. The van der Waals surface area contributed by atoms with Crippen LogP contribution in [0.4, 0.5) is 0 Å². The molecule has 1 aromatic rings. The molecule has 0 saturated carbocycles. The fraction of sp³-hybridized carbons (Fsp3) is 0.438. The number of nitrogens with one attached hydrogen (secondary N) is 2. The van der Waals surface area contributed by atoms with Gasteiger partial charge in [-0.1, -0.05) is 28.1 Å². The maximum Gasteiger partial charge on any atom is 0.238 e. The molecule has 0 aromatic heterocycles. The Morgan fingerprint density at radius 2 is 1.95 bits per heavy atom. The van der Waals surface area contributed by atoms with Gasteiger partial charge in [-0.15, -0.1) is 0 Å². The lowest BCUT2D eigenvalue weighted by Crippen LogP contribution is -3.18. The molecule has 5 heteroatoms. The highest BCUT2D eigenvalue weighted by molar-refractivity contribution is 9.10. The number of rotatable bonds is 1. The zero-order valence-corrected chi connectivity index (χ0v) is 13.6. The van der Waals surface area contributed by atoms with E-state index in [1.165, 1.54) is 42.8 Å². The Bertz CT molecular complexity index is 615. The Kier molecular flexibility index (Phi) is 3.08. The maximum atomic E-state index is 12.1. The van der Waals surface area contributed by atoms with Crippen LogP contribution in [0.1, 0.15) is 31.4 Å². The van der Waals surface area contributed by atoms with Crippen molar-refractivity contribution in [3.05, 3.63) is 45.6 Å². The number of hydrogen-bond acceptors (Lipinski definition) is 2. The molecule has 2 N–H and O–H groups in total. The topological polar surface area (TPSA) is 36.8 Å². The number of quaternary nitrogens is 1. The summed E-state index contributed by atoms with van der Waals surface area (Å²) in [5.74, 6) is 0.0884. The Labute approximate surface area is 132 Å². The summed E-state index contributed by atoms with van der Waals surface area (Å²) in [4.78, 5) is 13.7. The standard InChI is InChI=1S/C16H18BrN3O/c1-10(21)20-15(12-2-4-13(17)5-3-12)16-14(18-20)11-6-8-19(16)9-7-11/h2-5,15-16,18H,6-9H2,1H3/p+1. The lowest BCUT2D eigenvalue weighted by Gasteiger charge is -2.38. The highest BCUT2D eigenvalue weighted by Gasteiger charge is 2.51. The van der Waals surface area contributed by atoms with Crippen LogP contribution < -0.4 is 10.3 Å². The van der Waals surface area contributed by atoms with Crippen molar-refractivity contribution in [2.75, 3.05) is 13.1 Å². The molecule has 5 rings (SSSR count). The predicted octanol–water partition coefficient (Wildman–Crippen LogP) is 1.17. The summed E-state index contributed by atoms with van der Waals surface area (Å²) in [6, 6.07) is 8.87. The van der Waals surface area contributed by atoms with Crippen LogP contribution in [0.25, 0.3) is 0 Å². The Morgan fingerprint density at radius 1 is 1.29 bits per heavy atom. The van der Waals surface area contributed by atoms with Crippen LogP contribution in [0.5, 0.6) is 0 Å². The fourth-order valence-corrected chi connectivity index (χ4v) is 4.30. The van der Waals surface area contributed by atoms with E-state index >= 15 is 0 Å². The first kappa shape index (κ1) is 13.3. The van der Waals surface area contributed by atoms with E-state index in [0.717, 1.165) is 4.47 Å². The molecular formula is C16H19BrN3O+. The number of hydrogen-bond donors (Lipinski definition) is 2. The largest absolute Gasteiger partial charge is 0.325 e. The molecule has 0 aliphatic carbocycles. The summed E-state index contributed by atoms with van der Waals surface area (Å²) < 4.78 is 1.07. The number of carbonyl (C=O) groups excluding carboxylic acids is 1. The predicted molar refractivity (Wildman–Crippen MR) is 83.3 cm³/mol. The minimum Gasteiger partial charge on any atom is -0.325 e. The van der Waals surface area contributed by atoms with E-state index in [-0.39, 0.29) is 11.9 Å². The third kappa shape index (κ3) is 2.02. The van der Waals surface area contributed by atoms with Crippen molar-refractivity contribution < 1.29 is 9.69 Å². The van der Waals surface area contributed by atoms with Crippen molar-refractivity contribution in [1.29, 1.82) is 0 Å². The SMILES string of the molecule is CC(=O)N1NC2=C3CC[NH+](CC3)C2C1c1ccc(Br)cc1. The van der Waals surface area contributed by atoms with Gasteiger partial charge in [-0.2, -0.15) is 0 Å². The van der Waals surface area contributed by atoms with Gasteiger partial charge in [0.05, 0.1) is 18.8 Å². The molecule has 2 saturated heterocycles. The number of hydrazine groups is 1. The van der Waals surface area contributed by atoms with Crippen LogP contribution in [-0.2, 0) is 4.79 Å². The van der Waals surface area contributed by atoms with Crippen molar-refractivity contribution in [2.45, 2.75) is 31.8 Å². The lowest BCUT2D eigenvalue weighted by atomic mass is 9.86. The summed E-state index contributed by atoms with van der Waals surface area (Å²) in [5, 5.41) is 1.83. The van der Waals surface area contributed by atoms with E-state index in [2.05, 4.69) is 45.6 Å². The van der Waals surface area contributed by atoms with Gasteiger partial charge < -0.3 is 4.90 Å². The zero-order valence-electron chi connectivity index (χ0n) is 12.0. The van der Waals surface area contributed by atoms with E-state index in [0.29, 0.717) is 6.04 Å². The molecule has 2 fully saturated rings. The molecular weight excluding hydrogens is 330 g/mol. The average Bonchev–Trinajstić information content (AvgIpc) is 2.92. The van der Waals surface area contributed by atoms with Crippen LogP contribution in [0.15, 0.2) is 40.0 Å². The molecule has 1 amide bonds. The Hall–Kier alpha value is -1.33. The molecule has 1 aromatic carbocycles.